The van der Waals surface area contributed by atoms with Crippen LogP contribution in [0.4, 0.5) is 13.2 Å². The highest BCUT2D eigenvalue weighted by Gasteiger charge is 2.33. The lowest BCUT2D eigenvalue weighted by molar-refractivity contribution is -0.137. The number of carboxylic acid groups (broad SMARTS) is 1. The van der Waals surface area contributed by atoms with Gasteiger partial charge in [0, 0.05) is 0 Å². The SMILES string of the molecule is O=C(O)c1ccc(-c2ccccc2C(F)(F)F)c(CO)c1. The number of aliphatic hydroxyl groups is 1. The van der Waals surface area contributed by atoms with Crippen LogP contribution in [0.3, 0.4) is 0 Å². The molecule has 0 bridgehead atoms. The fraction of sp³-hybridized carbons (Fsp3) is 0.133. The third-order valence-corrected chi connectivity index (χ3v) is 3.05. The fourth-order valence-electron chi connectivity index (χ4n) is 2.09. The predicted molar refractivity (Wildman–Crippen MR) is 69.8 cm³/mol. The van der Waals surface area contributed by atoms with Crippen LogP contribution >= 0.6 is 0 Å². The van der Waals surface area contributed by atoms with Gasteiger partial charge in [-0.1, -0.05) is 24.3 Å². The number of carboxylic acids is 1. The predicted octanol–water partition coefficient (Wildman–Crippen LogP) is 3.56. The third-order valence-electron chi connectivity index (χ3n) is 3.05. The first-order chi connectivity index (χ1) is 9.84. The van der Waals surface area contributed by atoms with E-state index in [2.05, 4.69) is 0 Å². The van der Waals surface area contributed by atoms with Crippen molar-refractivity contribution in [2.45, 2.75) is 12.8 Å². The van der Waals surface area contributed by atoms with Gasteiger partial charge in [0.2, 0.25) is 0 Å². The van der Waals surface area contributed by atoms with Crippen molar-refractivity contribution in [3.05, 3.63) is 59.2 Å². The van der Waals surface area contributed by atoms with Crippen LogP contribution in [0.25, 0.3) is 11.1 Å². The molecule has 0 amide bonds. The smallest absolute Gasteiger partial charge is 0.417 e. The number of benzene rings is 2. The first kappa shape index (κ1) is 15.1. The number of aromatic carboxylic acids is 1. The molecule has 3 nitrogen and oxygen atoms in total. The van der Waals surface area contributed by atoms with Crippen molar-refractivity contribution in [1.82, 2.24) is 0 Å². The van der Waals surface area contributed by atoms with E-state index in [9.17, 15) is 23.1 Å². The molecule has 110 valence electrons. The minimum absolute atomic E-state index is 0.0905. The van der Waals surface area contributed by atoms with Crippen LogP contribution in [-0.4, -0.2) is 16.2 Å². The molecule has 0 atom stereocenters. The highest BCUT2D eigenvalue weighted by Crippen LogP contribution is 2.38. The summed E-state index contributed by atoms with van der Waals surface area (Å²) < 4.78 is 39.1. The second kappa shape index (κ2) is 5.57. The lowest BCUT2D eigenvalue weighted by atomic mass is 9.94. The topological polar surface area (TPSA) is 57.5 Å². The van der Waals surface area contributed by atoms with Crippen LogP contribution in [0.2, 0.25) is 0 Å². The molecule has 2 rings (SSSR count). The van der Waals surface area contributed by atoms with Crippen LogP contribution in [0.5, 0.6) is 0 Å². The standard InChI is InChI=1S/C15H11F3O3/c16-15(17,18)13-4-2-1-3-12(13)11-6-5-9(14(20)21)7-10(11)8-19/h1-7,19H,8H2,(H,20,21). The zero-order valence-electron chi connectivity index (χ0n) is 10.7. The average Bonchev–Trinajstić information content (AvgIpc) is 2.45. The first-order valence-electron chi connectivity index (χ1n) is 5.98. The van der Waals surface area contributed by atoms with Gasteiger partial charge in [0.05, 0.1) is 17.7 Å². The Hall–Kier alpha value is -2.34. The number of carbonyl (C=O) groups is 1. The monoisotopic (exact) mass is 296 g/mol. The molecule has 0 saturated heterocycles. The van der Waals surface area contributed by atoms with Crippen LogP contribution in [0.1, 0.15) is 21.5 Å². The van der Waals surface area contributed by atoms with Crippen LogP contribution < -0.4 is 0 Å². The molecule has 0 aliphatic carbocycles. The van der Waals surface area contributed by atoms with Crippen LogP contribution in [0, 0.1) is 0 Å². The largest absolute Gasteiger partial charge is 0.478 e. The van der Waals surface area contributed by atoms with Gasteiger partial charge < -0.3 is 10.2 Å². The first-order valence-corrected chi connectivity index (χ1v) is 5.98. The van der Waals surface area contributed by atoms with Crippen molar-refractivity contribution in [1.29, 1.82) is 0 Å². The maximum atomic E-state index is 13.0. The summed E-state index contributed by atoms with van der Waals surface area (Å²) >= 11 is 0. The van der Waals surface area contributed by atoms with Crippen molar-refractivity contribution in [3.8, 4) is 11.1 Å². The number of hydrogen-bond acceptors (Lipinski definition) is 2. The molecule has 0 aromatic heterocycles. The van der Waals surface area contributed by atoms with Gasteiger partial charge in [0.1, 0.15) is 0 Å². The number of hydrogen-bond donors (Lipinski definition) is 2. The summed E-state index contributed by atoms with van der Waals surface area (Å²) in [6.07, 6.45) is -4.53. The van der Waals surface area contributed by atoms with Gasteiger partial charge in [-0.25, -0.2) is 4.79 Å². The van der Waals surface area contributed by atoms with Crippen molar-refractivity contribution < 1.29 is 28.2 Å². The maximum Gasteiger partial charge on any atom is 0.417 e. The minimum Gasteiger partial charge on any atom is -0.478 e. The summed E-state index contributed by atoms with van der Waals surface area (Å²) in [5, 5.41) is 18.2. The summed E-state index contributed by atoms with van der Waals surface area (Å²) in [6.45, 7) is -0.553. The second-order valence-corrected chi connectivity index (χ2v) is 4.38. The Bertz CT molecular complexity index is 678. The fourth-order valence-corrected chi connectivity index (χ4v) is 2.09. The molecule has 0 heterocycles. The zero-order chi connectivity index (χ0) is 15.6. The Morgan fingerprint density at radius 2 is 1.71 bits per heavy atom. The Morgan fingerprint density at radius 1 is 1.05 bits per heavy atom. The van der Waals surface area contributed by atoms with E-state index in [4.69, 9.17) is 5.11 Å². The van der Waals surface area contributed by atoms with Crippen molar-refractivity contribution in [3.63, 3.8) is 0 Å². The van der Waals surface area contributed by atoms with Crippen LogP contribution in [0.15, 0.2) is 42.5 Å². The molecule has 0 unspecified atom stereocenters. The van der Waals surface area contributed by atoms with Gasteiger partial charge in [-0.3, -0.25) is 0 Å². The van der Waals surface area contributed by atoms with Gasteiger partial charge in [0.25, 0.3) is 0 Å². The second-order valence-electron chi connectivity index (χ2n) is 4.38. The van der Waals surface area contributed by atoms with Gasteiger partial charge in [-0.05, 0) is 34.9 Å². The Kier molecular flexibility index (Phi) is 3.99. The molecule has 0 radical (unpaired) electrons. The number of halogens is 3. The summed E-state index contributed by atoms with van der Waals surface area (Å²) in [6, 6.07) is 8.63. The van der Waals surface area contributed by atoms with E-state index < -0.39 is 24.3 Å². The van der Waals surface area contributed by atoms with Crippen LogP contribution in [-0.2, 0) is 12.8 Å². The molecule has 0 spiro atoms. The van der Waals surface area contributed by atoms with E-state index in [-0.39, 0.29) is 22.3 Å². The van der Waals surface area contributed by atoms with Gasteiger partial charge in [0.15, 0.2) is 0 Å². The van der Waals surface area contributed by atoms with E-state index in [0.717, 1.165) is 6.07 Å². The zero-order valence-corrected chi connectivity index (χ0v) is 10.7. The quantitative estimate of drug-likeness (QED) is 0.910. The molecule has 0 saturated carbocycles. The lowest BCUT2D eigenvalue weighted by Gasteiger charge is -2.15. The summed E-state index contributed by atoms with van der Waals surface area (Å²) in [7, 11) is 0. The highest BCUT2D eigenvalue weighted by molar-refractivity contribution is 5.89. The molecule has 0 aliphatic heterocycles. The normalized spacial score (nSPS) is 11.4. The number of aliphatic hydroxyl groups excluding tert-OH is 1. The van der Waals surface area contributed by atoms with E-state index in [1.807, 2.05) is 0 Å². The minimum atomic E-state index is -4.53. The average molecular weight is 296 g/mol. The van der Waals surface area contributed by atoms with Gasteiger partial charge in [-0.15, -0.1) is 0 Å². The molecule has 0 fully saturated rings. The van der Waals surface area contributed by atoms with Gasteiger partial charge in [-0.2, -0.15) is 13.2 Å². The number of alkyl halides is 3. The highest BCUT2D eigenvalue weighted by atomic mass is 19.4. The van der Waals surface area contributed by atoms with Crippen molar-refractivity contribution in [2.24, 2.45) is 0 Å². The maximum absolute atomic E-state index is 13.0. The van der Waals surface area contributed by atoms with Crippen molar-refractivity contribution in [2.75, 3.05) is 0 Å². The molecule has 2 aromatic rings. The van der Waals surface area contributed by atoms with E-state index in [1.54, 1.807) is 0 Å². The van der Waals surface area contributed by atoms with E-state index in [0.29, 0.717) is 0 Å². The summed E-state index contributed by atoms with van der Waals surface area (Å²) in [5.41, 5.74) is -0.719. The summed E-state index contributed by atoms with van der Waals surface area (Å²) in [4.78, 5) is 10.9. The van der Waals surface area contributed by atoms with Crippen molar-refractivity contribution >= 4 is 5.97 Å². The van der Waals surface area contributed by atoms with E-state index >= 15 is 0 Å². The third kappa shape index (κ3) is 3.05. The Labute approximate surface area is 118 Å². The Morgan fingerprint density at radius 3 is 2.29 bits per heavy atom. The van der Waals surface area contributed by atoms with Gasteiger partial charge >= 0.3 is 12.1 Å². The summed E-state index contributed by atoms with van der Waals surface area (Å²) in [5.74, 6) is -1.21. The molecule has 0 aliphatic rings. The number of rotatable bonds is 3. The molecule has 21 heavy (non-hydrogen) atoms. The molecule has 6 heteroatoms. The molecule has 2 N–H and O–H groups in total. The van der Waals surface area contributed by atoms with E-state index in [1.165, 1.54) is 36.4 Å². The Balaban J connectivity index is 2.65. The molecular formula is C15H11F3O3. The molecular weight excluding hydrogens is 285 g/mol. The molecule has 2 aromatic carbocycles. The lowest BCUT2D eigenvalue weighted by Crippen LogP contribution is -2.08.